The molecule has 0 aliphatic heterocycles. The molecule has 2 aromatic carbocycles. The number of rotatable bonds is 9. The molecule has 0 bridgehead atoms. The highest BCUT2D eigenvalue weighted by Gasteiger charge is 2.20. The average molecular weight is 343 g/mol. The number of carboxylic acid groups (broad SMARTS) is 1. The summed E-state index contributed by atoms with van der Waals surface area (Å²) in [5.41, 5.74) is 1.09. The average Bonchev–Trinajstić information content (AvgIpc) is 2.63. The van der Waals surface area contributed by atoms with Gasteiger partial charge >= 0.3 is 5.97 Å². The Morgan fingerprint density at radius 2 is 1.72 bits per heavy atom. The van der Waals surface area contributed by atoms with Crippen molar-refractivity contribution in [3.8, 4) is 5.75 Å². The third kappa shape index (κ3) is 5.61. The largest absolute Gasteiger partial charge is 0.491 e. The van der Waals surface area contributed by atoms with Crippen LogP contribution in [0.25, 0.3) is 0 Å². The lowest BCUT2D eigenvalue weighted by Crippen LogP contribution is -2.31. The number of ether oxygens (including phenoxy) is 2. The molecule has 132 valence electrons. The third-order valence-corrected chi connectivity index (χ3v) is 3.64. The van der Waals surface area contributed by atoms with Crippen LogP contribution in [0.2, 0.25) is 0 Å². The van der Waals surface area contributed by atoms with Crippen LogP contribution < -0.4 is 10.1 Å². The molecule has 6 nitrogen and oxygen atoms in total. The minimum Gasteiger partial charge on any atom is -0.491 e. The van der Waals surface area contributed by atoms with E-state index in [1.165, 1.54) is 0 Å². The quantitative estimate of drug-likeness (QED) is 0.683. The van der Waals surface area contributed by atoms with Gasteiger partial charge in [-0.2, -0.15) is 0 Å². The molecule has 0 heterocycles. The number of benzene rings is 2. The van der Waals surface area contributed by atoms with Gasteiger partial charge in [-0.05, 0) is 29.8 Å². The topological polar surface area (TPSA) is 84.9 Å². The molecule has 0 saturated carbocycles. The number of carbonyl (C=O) groups excluding carboxylic acids is 1. The molecule has 0 aromatic heterocycles. The molecule has 0 spiro atoms. The summed E-state index contributed by atoms with van der Waals surface area (Å²) in [7, 11) is 1.59. The molecule has 1 unspecified atom stereocenters. The summed E-state index contributed by atoms with van der Waals surface area (Å²) < 4.78 is 10.3. The van der Waals surface area contributed by atoms with E-state index in [2.05, 4.69) is 5.32 Å². The van der Waals surface area contributed by atoms with Crippen molar-refractivity contribution in [1.29, 1.82) is 0 Å². The Bertz CT molecular complexity index is 685. The normalized spacial score (nSPS) is 11.6. The third-order valence-electron chi connectivity index (χ3n) is 3.64. The van der Waals surface area contributed by atoms with E-state index in [1.54, 1.807) is 55.6 Å². The minimum atomic E-state index is -0.978. The number of carboxylic acids is 1. The highest BCUT2D eigenvalue weighted by Crippen LogP contribution is 2.16. The first kappa shape index (κ1) is 18.5. The summed E-state index contributed by atoms with van der Waals surface area (Å²) in [5.74, 6) is -1.46. The Labute approximate surface area is 146 Å². The molecule has 0 aliphatic rings. The highest BCUT2D eigenvalue weighted by molar-refractivity contribution is 5.94. The summed E-state index contributed by atoms with van der Waals surface area (Å²) in [6, 6.07) is 15.5. The van der Waals surface area contributed by atoms with Crippen LogP contribution in [0.15, 0.2) is 54.6 Å². The number of carbonyl (C=O) groups is 2. The molecule has 2 aromatic rings. The van der Waals surface area contributed by atoms with Gasteiger partial charge in [-0.1, -0.05) is 30.3 Å². The number of hydrogen-bond acceptors (Lipinski definition) is 4. The Morgan fingerprint density at radius 1 is 1.04 bits per heavy atom. The van der Waals surface area contributed by atoms with Crippen molar-refractivity contribution in [3.05, 3.63) is 65.7 Å². The van der Waals surface area contributed by atoms with E-state index in [-0.39, 0.29) is 12.5 Å². The van der Waals surface area contributed by atoms with Crippen LogP contribution in [0.1, 0.15) is 21.8 Å². The predicted molar refractivity (Wildman–Crippen MR) is 93.0 cm³/mol. The molecular weight excluding hydrogens is 322 g/mol. The summed E-state index contributed by atoms with van der Waals surface area (Å²) >= 11 is 0. The second-order valence-corrected chi connectivity index (χ2v) is 5.38. The predicted octanol–water partition coefficient (Wildman–Crippen LogP) is 2.31. The molecule has 0 saturated heterocycles. The Kier molecular flexibility index (Phi) is 6.98. The lowest BCUT2D eigenvalue weighted by Gasteiger charge is -2.14. The second kappa shape index (κ2) is 9.44. The van der Waals surface area contributed by atoms with Gasteiger partial charge in [0, 0.05) is 19.2 Å². The van der Waals surface area contributed by atoms with Crippen LogP contribution in [0.4, 0.5) is 0 Å². The summed E-state index contributed by atoms with van der Waals surface area (Å²) in [4.78, 5) is 23.7. The van der Waals surface area contributed by atoms with E-state index in [1.807, 2.05) is 6.07 Å². The van der Waals surface area contributed by atoms with E-state index in [9.17, 15) is 14.7 Å². The summed E-state index contributed by atoms with van der Waals surface area (Å²) in [5, 5.41) is 12.0. The Balaban J connectivity index is 1.93. The number of hydrogen-bond donors (Lipinski definition) is 2. The van der Waals surface area contributed by atoms with Crippen molar-refractivity contribution >= 4 is 11.9 Å². The molecule has 25 heavy (non-hydrogen) atoms. The van der Waals surface area contributed by atoms with Crippen LogP contribution in [0, 0.1) is 0 Å². The molecule has 0 fully saturated rings. The molecule has 1 amide bonds. The van der Waals surface area contributed by atoms with E-state index < -0.39 is 11.9 Å². The van der Waals surface area contributed by atoms with Crippen molar-refractivity contribution in [2.24, 2.45) is 0 Å². The van der Waals surface area contributed by atoms with Gasteiger partial charge in [-0.25, -0.2) is 0 Å². The van der Waals surface area contributed by atoms with Crippen LogP contribution in [0.5, 0.6) is 5.75 Å². The number of nitrogens with one attached hydrogen (secondary N) is 1. The van der Waals surface area contributed by atoms with Gasteiger partial charge in [0.1, 0.15) is 12.4 Å². The van der Waals surface area contributed by atoms with Crippen LogP contribution in [-0.2, 0) is 9.53 Å². The first-order valence-corrected chi connectivity index (χ1v) is 7.89. The first-order valence-electron chi connectivity index (χ1n) is 7.89. The van der Waals surface area contributed by atoms with Gasteiger partial charge in [0.05, 0.1) is 12.5 Å². The van der Waals surface area contributed by atoms with E-state index in [0.717, 1.165) is 0 Å². The SMILES string of the molecule is COCCOc1ccc(C(=O)NCC(C(=O)O)c2ccccc2)cc1. The number of amides is 1. The van der Waals surface area contributed by atoms with Crippen molar-refractivity contribution < 1.29 is 24.2 Å². The van der Waals surface area contributed by atoms with Gasteiger partial charge < -0.3 is 19.9 Å². The Morgan fingerprint density at radius 3 is 2.32 bits per heavy atom. The molecule has 2 N–H and O–H groups in total. The fraction of sp³-hybridized carbons (Fsp3) is 0.263. The maximum absolute atomic E-state index is 12.2. The second-order valence-electron chi connectivity index (χ2n) is 5.38. The molecule has 6 heteroatoms. The fourth-order valence-electron chi connectivity index (χ4n) is 2.28. The zero-order valence-electron chi connectivity index (χ0n) is 14.0. The van der Waals surface area contributed by atoms with Gasteiger partial charge in [-0.15, -0.1) is 0 Å². The smallest absolute Gasteiger partial charge is 0.312 e. The first-order chi connectivity index (χ1) is 12.1. The standard InChI is InChI=1S/C19H21NO5/c1-24-11-12-25-16-9-7-15(8-10-16)18(21)20-13-17(19(22)23)14-5-3-2-4-6-14/h2-10,17H,11-13H2,1H3,(H,20,21)(H,22,23). The molecule has 2 rings (SSSR count). The van der Waals surface area contributed by atoms with Crippen molar-refractivity contribution in [3.63, 3.8) is 0 Å². The monoisotopic (exact) mass is 343 g/mol. The van der Waals surface area contributed by atoms with Gasteiger partial charge in [0.2, 0.25) is 0 Å². The number of methoxy groups -OCH3 is 1. The van der Waals surface area contributed by atoms with Crippen LogP contribution in [-0.4, -0.2) is 43.9 Å². The van der Waals surface area contributed by atoms with E-state index in [0.29, 0.717) is 30.1 Å². The maximum Gasteiger partial charge on any atom is 0.312 e. The fourth-order valence-corrected chi connectivity index (χ4v) is 2.28. The summed E-state index contributed by atoms with van der Waals surface area (Å²) in [6.45, 7) is 0.933. The number of aliphatic carboxylic acids is 1. The molecule has 0 radical (unpaired) electrons. The highest BCUT2D eigenvalue weighted by atomic mass is 16.5. The minimum absolute atomic E-state index is 0.0181. The van der Waals surface area contributed by atoms with Gasteiger partial charge in [0.15, 0.2) is 0 Å². The molecular formula is C19H21NO5. The lowest BCUT2D eigenvalue weighted by molar-refractivity contribution is -0.138. The maximum atomic E-state index is 12.2. The van der Waals surface area contributed by atoms with Gasteiger partial charge in [0.25, 0.3) is 5.91 Å². The van der Waals surface area contributed by atoms with Crippen LogP contribution >= 0.6 is 0 Å². The van der Waals surface area contributed by atoms with E-state index in [4.69, 9.17) is 9.47 Å². The van der Waals surface area contributed by atoms with Crippen molar-refractivity contribution in [1.82, 2.24) is 5.32 Å². The van der Waals surface area contributed by atoms with Crippen molar-refractivity contribution in [2.75, 3.05) is 26.9 Å². The molecule has 0 aliphatic carbocycles. The zero-order valence-corrected chi connectivity index (χ0v) is 14.0. The lowest BCUT2D eigenvalue weighted by atomic mass is 9.99. The van der Waals surface area contributed by atoms with Crippen LogP contribution in [0.3, 0.4) is 0 Å². The summed E-state index contributed by atoms with van der Waals surface area (Å²) in [6.07, 6.45) is 0. The zero-order chi connectivity index (χ0) is 18.1. The van der Waals surface area contributed by atoms with Gasteiger partial charge in [-0.3, -0.25) is 9.59 Å². The molecule has 1 atom stereocenters. The van der Waals surface area contributed by atoms with Crippen molar-refractivity contribution in [2.45, 2.75) is 5.92 Å². The Hall–Kier alpha value is -2.86. The van der Waals surface area contributed by atoms with E-state index >= 15 is 0 Å².